The largest absolute Gasteiger partial charge is 0.508 e. The predicted molar refractivity (Wildman–Crippen MR) is 91.0 cm³/mol. The summed E-state index contributed by atoms with van der Waals surface area (Å²) in [6.45, 7) is 2.27. The van der Waals surface area contributed by atoms with Crippen molar-refractivity contribution in [1.82, 2.24) is 9.88 Å². The van der Waals surface area contributed by atoms with Gasteiger partial charge in [-0.2, -0.15) is 0 Å². The quantitative estimate of drug-likeness (QED) is 0.822. The first-order valence-electron chi connectivity index (χ1n) is 8.37. The standard InChI is InChI=1S/C18H24N2O4/c1-23-18(22)24-17-12-20(10-8-16(17)21)9-4-5-13-11-19-15-7-3-2-6-14(13)15/h2-3,6-7,11,16-17,19,21H,4-5,8-10,12H2,1H3/t16-,17+/m1/s1. The van der Waals surface area contributed by atoms with E-state index in [4.69, 9.17) is 4.74 Å². The van der Waals surface area contributed by atoms with E-state index in [9.17, 15) is 9.90 Å². The van der Waals surface area contributed by atoms with Gasteiger partial charge in [0, 0.05) is 30.2 Å². The maximum atomic E-state index is 11.2. The fourth-order valence-corrected chi connectivity index (χ4v) is 3.29. The van der Waals surface area contributed by atoms with E-state index in [-0.39, 0.29) is 0 Å². The molecule has 1 aliphatic rings. The van der Waals surface area contributed by atoms with Gasteiger partial charge in [-0.1, -0.05) is 18.2 Å². The normalized spacial score (nSPS) is 21.8. The highest BCUT2D eigenvalue weighted by molar-refractivity contribution is 5.82. The Labute approximate surface area is 141 Å². The first-order chi connectivity index (χ1) is 11.7. The second-order valence-corrected chi connectivity index (χ2v) is 6.23. The Morgan fingerprint density at radius 2 is 2.25 bits per heavy atom. The average molecular weight is 332 g/mol. The molecule has 2 heterocycles. The lowest BCUT2D eigenvalue weighted by Crippen LogP contribution is -2.49. The van der Waals surface area contributed by atoms with Crippen molar-refractivity contribution in [2.45, 2.75) is 31.5 Å². The molecule has 1 aromatic carbocycles. The van der Waals surface area contributed by atoms with E-state index in [0.29, 0.717) is 13.0 Å². The average Bonchev–Trinajstić information content (AvgIpc) is 3.01. The van der Waals surface area contributed by atoms with Crippen LogP contribution in [0.5, 0.6) is 0 Å². The minimum Gasteiger partial charge on any atom is -0.438 e. The summed E-state index contributed by atoms with van der Waals surface area (Å²) in [6.07, 6.45) is 2.82. The zero-order valence-electron chi connectivity index (χ0n) is 13.9. The molecule has 24 heavy (non-hydrogen) atoms. The molecule has 0 aliphatic carbocycles. The SMILES string of the molecule is COC(=O)O[C@H]1CN(CCCc2c[nH]c3ccccc23)CC[C@H]1O. The number of rotatable bonds is 5. The van der Waals surface area contributed by atoms with Crippen LogP contribution in [0.3, 0.4) is 0 Å². The van der Waals surface area contributed by atoms with Gasteiger partial charge in [-0.3, -0.25) is 4.90 Å². The van der Waals surface area contributed by atoms with Crippen molar-refractivity contribution >= 4 is 17.1 Å². The van der Waals surface area contributed by atoms with Crippen LogP contribution in [0.4, 0.5) is 4.79 Å². The summed E-state index contributed by atoms with van der Waals surface area (Å²) < 4.78 is 9.65. The Kier molecular flexibility index (Phi) is 5.37. The fraction of sp³-hybridized carbons (Fsp3) is 0.500. The molecule has 0 bridgehead atoms. The number of fused-ring (bicyclic) bond motifs is 1. The molecule has 1 fully saturated rings. The molecule has 130 valence electrons. The highest BCUT2D eigenvalue weighted by Gasteiger charge is 2.30. The maximum absolute atomic E-state index is 11.2. The summed E-state index contributed by atoms with van der Waals surface area (Å²) in [5.41, 5.74) is 2.49. The zero-order chi connectivity index (χ0) is 16.9. The molecule has 0 unspecified atom stereocenters. The maximum Gasteiger partial charge on any atom is 0.508 e. The van der Waals surface area contributed by atoms with Crippen molar-refractivity contribution in [3.8, 4) is 0 Å². The molecule has 3 rings (SSSR count). The molecule has 0 amide bonds. The van der Waals surface area contributed by atoms with Gasteiger partial charge in [-0.15, -0.1) is 0 Å². The zero-order valence-corrected chi connectivity index (χ0v) is 13.9. The number of nitrogens with zero attached hydrogens (tertiary/aromatic N) is 1. The van der Waals surface area contributed by atoms with Crippen LogP contribution < -0.4 is 0 Å². The molecule has 2 aromatic rings. The number of aliphatic hydroxyl groups excluding tert-OH is 1. The number of aromatic nitrogens is 1. The first kappa shape index (κ1) is 16.8. The smallest absolute Gasteiger partial charge is 0.438 e. The summed E-state index contributed by atoms with van der Waals surface area (Å²) in [5.74, 6) is 0. The Hall–Kier alpha value is -2.05. The van der Waals surface area contributed by atoms with Crippen LogP contribution in [-0.2, 0) is 15.9 Å². The second-order valence-electron chi connectivity index (χ2n) is 6.23. The number of methoxy groups -OCH3 is 1. The topological polar surface area (TPSA) is 74.8 Å². The lowest BCUT2D eigenvalue weighted by Gasteiger charge is -2.35. The second kappa shape index (κ2) is 7.68. The fourth-order valence-electron chi connectivity index (χ4n) is 3.29. The monoisotopic (exact) mass is 332 g/mol. The van der Waals surface area contributed by atoms with E-state index in [1.165, 1.54) is 23.6 Å². The van der Waals surface area contributed by atoms with E-state index in [1.54, 1.807) is 0 Å². The van der Waals surface area contributed by atoms with Gasteiger partial charge >= 0.3 is 6.16 Å². The summed E-state index contributed by atoms with van der Waals surface area (Å²) in [5, 5.41) is 11.2. The minimum absolute atomic E-state index is 0.515. The molecular weight excluding hydrogens is 308 g/mol. The van der Waals surface area contributed by atoms with Gasteiger partial charge in [-0.05, 0) is 37.4 Å². The van der Waals surface area contributed by atoms with Crippen LogP contribution >= 0.6 is 0 Å². The molecular formula is C18H24N2O4. The molecule has 0 saturated carbocycles. The third-order valence-electron chi connectivity index (χ3n) is 4.62. The van der Waals surface area contributed by atoms with Crippen molar-refractivity contribution in [2.75, 3.05) is 26.7 Å². The number of H-pyrrole nitrogens is 1. The van der Waals surface area contributed by atoms with Crippen molar-refractivity contribution in [2.24, 2.45) is 0 Å². The Bertz CT molecular complexity index is 684. The van der Waals surface area contributed by atoms with Gasteiger partial charge in [0.15, 0.2) is 0 Å². The summed E-state index contributed by atoms with van der Waals surface area (Å²) in [4.78, 5) is 16.8. The van der Waals surface area contributed by atoms with E-state index in [2.05, 4.69) is 39.0 Å². The first-order valence-corrected chi connectivity index (χ1v) is 8.37. The van der Waals surface area contributed by atoms with Gasteiger partial charge in [-0.25, -0.2) is 4.79 Å². The molecule has 6 heteroatoms. The van der Waals surface area contributed by atoms with E-state index in [1.807, 2.05) is 6.07 Å². The molecule has 0 spiro atoms. The number of benzene rings is 1. The highest BCUT2D eigenvalue weighted by atomic mass is 16.7. The lowest BCUT2D eigenvalue weighted by atomic mass is 10.0. The van der Waals surface area contributed by atoms with Crippen molar-refractivity contribution in [1.29, 1.82) is 0 Å². The van der Waals surface area contributed by atoms with Crippen LogP contribution in [0.25, 0.3) is 10.9 Å². The van der Waals surface area contributed by atoms with Gasteiger partial charge < -0.3 is 19.6 Å². The predicted octanol–water partition coefficient (Wildman–Crippen LogP) is 2.32. The number of carbonyl (C=O) groups is 1. The van der Waals surface area contributed by atoms with Gasteiger partial charge in [0.05, 0.1) is 13.2 Å². The van der Waals surface area contributed by atoms with E-state index >= 15 is 0 Å². The van der Waals surface area contributed by atoms with Gasteiger partial charge in [0.1, 0.15) is 6.10 Å². The molecule has 1 aliphatic heterocycles. The van der Waals surface area contributed by atoms with E-state index in [0.717, 1.165) is 25.9 Å². The summed E-state index contributed by atoms with van der Waals surface area (Å²) in [7, 11) is 1.27. The van der Waals surface area contributed by atoms with Crippen molar-refractivity contribution in [3.05, 3.63) is 36.0 Å². The molecule has 1 saturated heterocycles. The van der Waals surface area contributed by atoms with Gasteiger partial charge in [0.25, 0.3) is 0 Å². The number of hydrogen-bond acceptors (Lipinski definition) is 5. The van der Waals surface area contributed by atoms with Crippen LogP contribution in [0.1, 0.15) is 18.4 Å². The number of likely N-dealkylation sites (tertiary alicyclic amines) is 1. The van der Waals surface area contributed by atoms with Crippen LogP contribution in [-0.4, -0.2) is 60.1 Å². The Balaban J connectivity index is 1.50. The summed E-state index contributed by atoms with van der Waals surface area (Å²) >= 11 is 0. The molecule has 2 atom stereocenters. The highest BCUT2D eigenvalue weighted by Crippen LogP contribution is 2.20. The van der Waals surface area contributed by atoms with E-state index < -0.39 is 18.4 Å². The number of piperidine rings is 1. The Morgan fingerprint density at radius 3 is 3.08 bits per heavy atom. The van der Waals surface area contributed by atoms with Crippen molar-refractivity contribution in [3.63, 3.8) is 0 Å². The van der Waals surface area contributed by atoms with Crippen LogP contribution in [0.15, 0.2) is 30.5 Å². The number of aromatic amines is 1. The summed E-state index contributed by atoms with van der Waals surface area (Å²) in [6, 6.07) is 8.31. The molecule has 2 N–H and O–H groups in total. The van der Waals surface area contributed by atoms with Crippen LogP contribution in [0, 0.1) is 0 Å². The van der Waals surface area contributed by atoms with Gasteiger partial charge in [0.2, 0.25) is 0 Å². The number of aryl methyl sites for hydroxylation is 1. The number of para-hydroxylation sites is 1. The third-order valence-corrected chi connectivity index (χ3v) is 4.62. The molecule has 1 aromatic heterocycles. The Morgan fingerprint density at radius 1 is 1.42 bits per heavy atom. The molecule has 6 nitrogen and oxygen atoms in total. The number of aliphatic hydroxyl groups is 1. The number of ether oxygens (including phenoxy) is 2. The minimum atomic E-state index is -0.736. The molecule has 0 radical (unpaired) electrons. The number of nitrogens with one attached hydrogen (secondary N) is 1. The van der Waals surface area contributed by atoms with Crippen molar-refractivity contribution < 1.29 is 19.4 Å². The van der Waals surface area contributed by atoms with Crippen LogP contribution in [0.2, 0.25) is 0 Å². The number of hydrogen-bond donors (Lipinski definition) is 2. The number of carbonyl (C=O) groups excluding carboxylic acids is 1. The third kappa shape index (κ3) is 3.88. The lowest BCUT2D eigenvalue weighted by molar-refractivity contribution is -0.0642.